The molecule has 0 aliphatic carbocycles. The van der Waals surface area contributed by atoms with Crippen molar-refractivity contribution < 1.29 is 8.42 Å². The van der Waals surface area contributed by atoms with Crippen molar-refractivity contribution in [1.82, 2.24) is 9.29 Å². The number of hydrogen-bond donors (Lipinski definition) is 1. The van der Waals surface area contributed by atoms with Crippen molar-refractivity contribution in [1.29, 1.82) is 0 Å². The van der Waals surface area contributed by atoms with E-state index in [1.54, 1.807) is 12.1 Å². The minimum atomic E-state index is -3.55. The minimum absolute atomic E-state index is 0.207. The first kappa shape index (κ1) is 16.1. The van der Waals surface area contributed by atoms with Crippen molar-refractivity contribution in [2.45, 2.75) is 18.4 Å². The molecule has 0 unspecified atom stereocenters. The monoisotopic (exact) mass is 348 g/mol. The number of nitrogens with zero attached hydrogens (tertiary/aromatic N) is 1. The molecule has 0 atom stereocenters. The highest BCUT2D eigenvalue weighted by Crippen LogP contribution is 2.20. The van der Waals surface area contributed by atoms with Crippen molar-refractivity contribution in [2.24, 2.45) is 7.05 Å². The zero-order valence-corrected chi connectivity index (χ0v) is 14.4. The van der Waals surface area contributed by atoms with Gasteiger partial charge >= 0.3 is 0 Å². The quantitative estimate of drug-likeness (QED) is 0.783. The van der Waals surface area contributed by atoms with Gasteiger partial charge in [-0.3, -0.25) is 0 Å². The molecule has 1 N–H and O–H groups in total. The maximum Gasteiger partial charge on any atom is 0.240 e. The zero-order valence-electron chi connectivity index (χ0n) is 12.9. The molecule has 3 rings (SSSR count). The van der Waals surface area contributed by atoms with E-state index in [2.05, 4.69) is 15.4 Å². The van der Waals surface area contributed by atoms with E-state index in [4.69, 9.17) is 11.6 Å². The maximum absolute atomic E-state index is 12.3. The van der Waals surface area contributed by atoms with Gasteiger partial charge in [0.15, 0.2) is 0 Å². The lowest BCUT2D eigenvalue weighted by molar-refractivity contribution is 0.581. The summed E-state index contributed by atoms with van der Waals surface area (Å²) in [6.07, 6.45) is 0. The molecule has 0 saturated carbocycles. The van der Waals surface area contributed by atoms with Gasteiger partial charge in [-0.25, -0.2) is 13.1 Å². The number of aromatic nitrogens is 1. The molecule has 6 heteroatoms. The molecule has 0 spiro atoms. The summed E-state index contributed by atoms with van der Waals surface area (Å²) in [7, 11) is -1.53. The number of sulfonamides is 1. The minimum Gasteiger partial charge on any atom is -0.348 e. The lowest BCUT2D eigenvalue weighted by atomic mass is 10.1. The lowest BCUT2D eigenvalue weighted by Crippen LogP contribution is -2.23. The maximum atomic E-state index is 12.3. The number of benzene rings is 2. The Labute approximate surface area is 140 Å². The second-order valence-corrected chi connectivity index (χ2v) is 7.72. The first-order chi connectivity index (χ1) is 10.9. The molecule has 0 radical (unpaired) electrons. The lowest BCUT2D eigenvalue weighted by Gasteiger charge is -2.07. The fourth-order valence-electron chi connectivity index (χ4n) is 2.52. The number of halogens is 1. The molecule has 0 amide bonds. The van der Waals surface area contributed by atoms with Crippen LogP contribution in [0, 0.1) is 6.92 Å². The summed E-state index contributed by atoms with van der Waals surface area (Å²) < 4.78 is 29.3. The van der Waals surface area contributed by atoms with E-state index in [1.165, 1.54) is 17.8 Å². The molecule has 1 heterocycles. The van der Waals surface area contributed by atoms with Crippen LogP contribution in [-0.2, 0) is 23.6 Å². The molecule has 0 saturated heterocycles. The Balaban J connectivity index is 1.81. The van der Waals surface area contributed by atoms with Gasteiger partial charge in [-0.15, -0.1) is 0 Å². The van der Waals surface area contributed by atoms with Crippen LogP contribution >= 0.6 is 11.6 Å². The van der Waals surface area contributed by atoms with Gasteiger partial charge in [0.1, 0.15) is 0 Å². The number of fused-ring (bicyclic) bond motifs is 1. The molecule has 0 bridgehead atoms. The van der Waals surface area contributed by atoms with Crippen LogP contribution < -0.4 is 4.72 Å². The first-order valence-electron chi connectivity index (χ1n) is 7.17. The molecule has 3 aromatic rings. The van der Waals surface area contributed by atoms with E-state index in [0.717, 1.165) is 16.5 Å². The first-order valence-corrected chi connectivity index (χ1v) is 9.03. The third-order valence-electron chi connectivity index (χ3n) is 3.94. The van der Waals surface area contributed by atoms with Crippen LogP contribution in [0.2, 0.25) is 5.02 Å². The summed E-state index contributed by atoms with van der Waals surface area (Å²) in [5.41, 5.74) is 3.21. The molecule has 120 valence electrons. The molecule has 0 fully saturated rings. The van der Waals surface area contributed by atoms with E-state index >= 15 is 0 Å². The Morgan fingerprint density at radius 1 is 1.09 bits per heavy atom. The molecule has 0 aliphatic rings. The summed E-state index contributed by atoms with van der Waals surface area (Å²) >= 11 is 5.79. The van der Waals surface area contributed by atoms with Crippen LogP contribution in [-0.4, -0.2) is 13.0 Å². The van der Waals surface area contributed by atoms with E-state index < -0.39 is 10.0 Å². The third-order valence-corrected chi connectivity index (χ3v) is 5.61. The SMILES string of the molecule is Cc1cc2cc(CNS(=O)(=O)c3ccc(Cl)cc3)ccc2n1C. The molecule has 23 heavy (non-hydrogen) atoms. The summed E-state index contributed by atoms with van der Waals surface area (Å²) in [6, 6.07) is 14.2. The van der Waals surface area contributed by atoms with Crippen LogP contribution in [0.1, 0.15) is 11.3 Å². The van der Waals surface area contributed by atoms with Crippen molar-refractivity contribution in [3.05, 3.63) is 64.8 Å². The highest BCUT2D eigenvalue weighted by atomic mass is 35.5. The Bertz CT molecular complexity index is 960. The van der Waals surface area contributed by atoms with Crippen molar-refractivity contribution in [3.63, 3.8) is 0 Å². The van der Waals surface area contributed by atoms with Crippen LogP contribution in [0.5, 0.6) is 0 Å². The van der Waals surface area contributed by atoms with Gasteiger partial charge in [-0.05, 0) is 55.0 Å². The van der Waals surface area contributed by atoms with Gasteiger partial charge in [0.25, 0.3) is 0 Å². The van der Waals surface area contributed by atoms with Crippen LogP contribution in [0.15, 0.2) is 53.4 Å². The summed E-state index contributed by atoms with van der Waals surface area (Å²) in [5, 5.41) is 1.61. The Kier molecular flexibility index (Phi) is 4.19. The van der Waals surface area contributed by atoms with Gasteiger partial charge in [0.05, 0.1) is 4.90 Å². The van der Waals surface area contributed by atoms with Gasteiger partial charge in [0.2, 0.25) is 10.0 Å². The largest absolute Gasteiger partial charge is 0.348 e. The van der Waals surface area contributed by atoms with E-state index in [1.807, 2.05) is 32.2 Å². The fraction of sp³-hybridized carbons (Fsp3) is 0.176. The van der Waals surface area contributed by atoms with Gasteiger partial charge in [0, 0.05) is 35.2 Å². The van der Waals surface area contributed by atoms with Crippen molar-refractivity contribution in [3.8, 4) is 0 Å². The number of aryl methyl sites for hydroxylation is 2. The second kappa shape index (κ2) is 6.00. The highest BCUT2D eigenvalue weighted by molar-refractivity contribution is 7.89. The molecular formula is C17H17ClN2O2S. The second-order valence-electron chi connectivity index (χ2n) is 5.52. The van der Waals surface area contributed by atoms with E-state index in [0.29, 0.717) is 5.02 Å². The van der Waals surface area contributed by atoms with Gasteiger partial charge in [-0.1, -0.05) is 17.7 Å². The predicted octanol–water partition coefficient (Wildman–Crippen LogP) is 3.62. The molecule has 1 aromatic heterocycles. The Morgan fingerprint density at radius 2 is 1.78 bits per heavy atom. The zero-order chi connectivity index (χ0) is 16.6. The molecule has 2 aromatic carbocycles. The van der Waals surface area contributed by atoms with Crippen LogP contribution in [0.25, 0.3) is 10.9 Å². The predicted molar refractivity (Wildman–Crippen MR) is 93.1 cm³/mol. The topological polar surface area (TPSA) is 51.1 Å². The number of nitrogens with one attached hydrogen (secondary N) is 1. The Morgan fingerprint density at radius 3 is 2.48 bits per heavy atom. The summed E-state index contributed by atoms with van der Waals surface area (Å²) in [5.74, 6) is 0. The smallest absolute Gasteiger partial charge is 0.240 e. The van der Waals surface area contributed by atoms with Gasteiger partial charge in [-0.2, -0.15) is 0 Å². The van der Waals surface area contributed by atoms with Gasteiger partial charge < -0.3 is 4.57 Å². The number of rotatable bonds is 4. The Hall–Kier alpha value is -1.82. The average molecular weight is 349 g/mol. The van der Waals surface area contributed by atoms with Crippen LogP contribution in [0.3, 0.4) is 0 Å². The summed E-state index contributed by atoms with van der Waals surface area (Å²) in [4.78, 5) is 0.207. The highest BCUT2D eigenvalue weighted by Gasteiger charge is 2.13. The van der Waals surface area contributed by atoms with E-state index in [-0.39, 0.29) is 11.4 Å². The number of hydrogen-bond acceptors (Lipinski definition) is 2. The third kappa shape index (κ3) is 3.27. The van der Waals surface area contributed by atoms with Crippen LogP contribution in [0.4, 0.5) is 0 Å². The average Bonchev–Trinajstić information content (AvgIpc) is 2.80. The molecule has 0 aliphatic heterocycles. The van der Waals surface area contributed by atoms with Crippen molar-refractivity contribution >= 4 is 32.5 Å². The van der Waals surface area contributed by atoms with Crippen molar-refractivity contribution in [2.75, 3.05) is 0 Å². The molecular weight excluding hydrogens is 332 g/mol. The standard InChI is InChI=1S/C17H17ClN2O2S/c1-12-9-14-10-13(3-8-17(14)20(12)2)11-19-23(21,22)16-6-4-15(18)5-7-16/h3-10,19H,11H2,1-2H3. The van der Waals surface area contributed by atoms with E-state index in [9.17, 15) is 8.42 Å². The normalized spacial score (nSPS) is 12.0. The summed E-state index contributed by atoms with van der Waals surface area (Å²) in [6.45, 7) is 2.29. The fourth-order valence-corrected chi connectivity index (χ4v) is 3.67. The molecule has 4 nitrogen and oxygen atoms in total.